The maximum Gasteiger partial charge on any atom is 0.271 e. The second-order valence-electron chi connectivity index (χ2n) is 6.26. The number of carbonyl (C=O) groups is 1. The third-order valence-electron chi connectivity index (χ3n) is 4.18. The van der Waals surface area contributed by atoms with Crippen LogP contribution in [0, 0.1) is 0 Å². The molecule has 152 valence electrons. The molecule has 3 N–H and O–H groups in total. The fraction of sp³-hybridized carbons (Fsp3) is 0.0909. The van der Waals surface area contributed by atoms with Crippen molar-refractivity contribution >= 4 is 40.3 Å². The molecule has 2 aromatic carbocycles. The van der Waals surface area contributed by atoms with E-state index in [0.717, 1.165) is 22.7 Å². The number of ether oxygens (including phenoxy) is 1. The largest absolute Gasteiger partial charge is 0.497 e. The lowest BCUT2D eigenvalue weighted by molar-refractivity contribution is 0.0954. The fourth-order valence-electron chi connectivity index (χ4n) is 2.53. The molecule has 7 nitrogen and oxygen atoms in total. The zero-order valence-electron chi connectivity index (χ0n) is 16.5. The third kappa shape index (κ3) is 5.86. The lowest BCUT2D eigenvalue weighted by atomic mass is 10.1. The summed E-state index contributed by atoms with van der Waals surface area (Å²) in [4.78, 5) is 15.9. The first-order valence-corrected chi connectivity index (χ1v) is 9.53. The normalized spacial score (nSPS) is 10.8. The predicted octanol–water partition coefficient (Wildman–Crippen LogP) is 4.05. The number of rotatable bonds is 6. The van der Waals surface area contributed by atoms with E-state index < -0.39 is 0 Å². The topological polar surface area (TPSA) is 87.6 Å². The van der Waals surface area contributed by atoms with Crippen molar-refractivity contribution in [1.82, 2.24) is 10.4 Å². The lowest BCUT2D eigenvalue weighted by Gasteiger charge is -2.11. The van der Waals surface area contributed by atoms with Gasteiger partial charge in [0.05, 0.1) is 12.8 Å². The predicted molar refractivity (Wildman–Crippen MR) is 123 cm³/mol. The van der Waals surface area contributed by atoms with Gasteiger partial charge in [-0.3, -0.25) is 9.78 Å². The third-order valence-corrected chi connectivity index (χ3v) is 4.38. The number of hydrogen-bond acceptors (Lipinski definition) is 5. The van der Waals surface area contributed by atoms with E-state index in [9.17, 15) is 4.79 Å². The van der Waals surface area contributed by atoms with E-state index in [0.29, 0.717) is 16.4 Å². The molecule has 3 aromatic rings. The standard InChI is InChI=1S/C22H21N5O2S/c1-15(26-27-21(28)17-11-13-23-14-12-17)16-3-5-18(6-4-16)24-22(30)25-19-7-9-20(29-2)10-8-19/h3-14H,1-2H3,(H,27,28)(H2,24,25,30)/b26-15-. The molecule has 0 aliphatic carbocycles. The van der Waals surface area contributed by atoms with Gasteiger partial charge in [-0.25, -0.2) is 5.43 Å². The van der Waals surface area contributed by atoms with E-state index in [1.807, 2.05) is 55.5 Å². The summed E-state index contributed by atoms with van der Waals surface area (Å²) < 4.78 is 5.14. The molecule has 1 amide bonds. The van der Waals surface area contributed by atoms with Gasteiger partial charge in [-0.2, -0.15) is 5.10 Å². The molecule has 1 aromatic heterocycles. The number of nitrogens with one attached hydrogen (secondary N) is 3. The number of hydrazone groups is 1. The van der Waals surface area contributed by atoms with Gasteiger partial charge in [0.15, 0.2) is 5.11 Å². The van der Waals surface area contributed by atoms with E-state index in [1.54, 1.807) is 31.6 Å². The van der Waals surface area contributed by atoms with Crippen molar-refractivity contribution in [2.24, 2.45) is 5.10 Å². The molecule has 0 bridgehead atoms. The van der Waals surface area contributed by atoms with E-state index in [-0.39, 0.29) is 5.91 Å². The molecule has 0 atom stereocenters. The fourth-order valence-corrected chi connectivity index (χ4v) is 2.77. The molecule has 0 aliphatic heterocycles. The van der Waals surface area contributed by atoms with Crippen LogP contribution in [0.5, 0.6) is 5.75 Å². The molecule has 0 radical (unpaired) electrons. The maximum absolute atomic E-state index is 12.1. The molecule has 8 heteroatoms. The smallest absolute Gasteiger partial charge is 0.271 e. The van der Waals surface area contributed by atoms with Crippen LogP contribution in [0.1, 0.15) is 22.8 Å². The Morgan fingerprint density at radius 2 is 1.47 bits per heavy atom. The van der Waals surface area contributed by atoms with E-state index in [4.69, 9.17) is 17.0 Å². The van der Waals surface area contributed by atoms with Crippen LogP contribution in [0.25, 0.3) is 0 Å². The lowest BCUT2D eigenvalue weighted by Crippen LogP contribution is -2.19. The van der Waals surface area contributed by atoms with Gasteiger partial charge in [0, 0.05) is 29.3 Å². The quantitative estimate of drug-likeness (QED) is 0.317. The average Bonchev–Trinajstić information content (AvgIpc) is 2.78. The van der Waals surface area contributed by atoms with Crippen molar-refractivity contribution in [3.8, 4) is 5.75 Å². The number of amides is 1. The SMILES string of the molecule is COc1ccc(NC(=S)Nc2ccc(/C(C)=N\NC(=O)c3ccncc3)cc2)cc1. The highest BCUT2D eigenvalue weighted by Gasteiger charge is 2.05. The summed E-state index contributed by atoms with van der Waals surface area (Å²) in [7, 11) is 1.62. The number of aromatic nitrogens is 1. The minimum atomic E-state index is -0.287. The maximum atomic E-state index is 12.1. The summed E-state index contributed by atoms with van der Waals surface area (Å²) in [5, 5.41) is 10.9. The summed E-state index contributed by atoms with van der Waals surface area (Å²) >= 11 is 5.35. The molecule has 0 saturated heterocycles. The van der Waals surface area contributed by atoms with Gasteiger partial charge in [-0.05, 0) is 73.2 Å². The second-order valence-corrected chi connectivity index (χ2v) is 6.67. The van der Waals surface area contributed by atoms with Gasteiger partial charge in [0.25, 0.3) is 5.91 Å². The summed E-state index contributed by atoms with van der Waals surface area (Å²) in [5.41, 5.74) is 6.30. The van der Waals surface area contributed by atoms with Gasteiger partial charge in [0.2, 0.25) is 0 Å². The number of hydrogen-bond donors (Lipinski definition) is 3. The van der Waals surface area contributed by atoms with Gasteiger partial charge < -0.3 is 15.4 Å². The van der Waals surface area contributed by atoms with Crippen LogP contribution in [-0.2, 0) is 0 Å². The molecule has 0 unspecified atom stereocenters. The Labute approximate surface area is 180 Å². The highest BCUT2D eigenvalue weighted by molar-refractivity contribution is 7.80. The number of anilines is 2. The molecule has 0 spiro atoms. The zero-order chi connectivity index (χ0) is 21.3. The van der Waals surface area contributed by atoms with Gasteiger partial charge in [-0.15, -0.1) is 0 Å². The summed E-state index contributed by atoms with van der Waals surface area (Å²) in [6.45, 7) is 1.82. The molecule has 0 saturated carbocycles. The van der Waals surface area contributed by atoms with Crippen LogP contribution in [0.2, 0.25) is 0 Å². The van der Waals surface area contributed by atoms with Gasteiger partial charge >= 0.3 is 0 Å². The number of methoxy groups -OCH3 is 1. The molecular weight excluding hydrogens is 398 g/mol. The summed E-state index contributed by atoms with van der Waals surface area (Å²) in [6.07, 6.45) is 3.12. The second kappa shape index (κ2) is 10.1. The monoisotopic (exact) mass is 419 g/mol. The molecular formula is C22H21N5O2S. The molecule has 30 heavy (non-hydrogen) atoms. The van der Waals surface area contributed by atoms with Crippen LogP contribution in [0.3, 0.4) is 0 Å². The van der Waals surface area contributed by atoms with Crippen LogP contribution >= 0.6 is 12.2 Å². The highest BCUT2D eigenvalue weighted by atomic mass is 32.1. The van der Waals surface area contributed by atoms with Crippen molar-refractivity contribution in [2.75, 3.05) is 17.7 Å². The van der Waals surface area contributed by atoms with E-state index in [1.165, 1.54) is 0 Å². The van der Waals surface area contributed by atoms with Crippen molar-refractivity contribution in [3.05, 3.63) is 84.2 Å². The molecule has 0 fully saturated rings. The first kappa shape index (κ1) is 20.9. The minimum absolute atomic E-state index is 0.287. The molecule has 0 aliphatic rings. The highest BCUT2D eigenvalue weighted by Crippen LogP contribution is 2.16. The Balaban J connectivity index is 1.55. The van der Waals surface area contributed by atoms with Crippen LogP contribution in [-0.4, -0.2) is 28.8 Å². The first-order chi connectivity index (χ1) is 14.5. The van der Waals surface area contributed by atoms with Crippen LogP contribution in [0.4, 0.5) is 11.4 Å². The van der Waals surface area contributed by atoms with Crippen molar-refractivity contribution < 1.29 is 9.53 Å². The Morgan fingerprint density at radius 1 is 0.900 bits per heavy atom. The van der Waals surface area contributed by atoms with E-state index in [2.05, 4.69) is 26.1 Å². The number of nitrogens with zero attached hydrogens (tertiary/aromatic N) is 2. The Morgan fingerprint density at radius 3 is 2.03 bits per heavy atom. The first-order valence-electron chi connectivity index (χ1n) is 9.12. The van der Waals surface area contributed by atoms with Crippen molar-refractivity contribution in [2.45, 2.75) is 6.92 Å². The van der Waals surface area contributed by atoms with Gasteiger partial charge in [-0.1, -0.05) is 12.1 Å². The summed E-state index contributed by atoms with van der Waals surface area (Å²) in [5.74, 6) is 0.494. The molecule has 1 heterocycles. The summed E-state index contributed by atoms with van der Waals surface area (Å²) in [6, 6.07) is 18.3. The average molecular weight is 420 g/mol. The molecule has 3 rings (SSSR count). The van der Waals surface area contributed by atoms with Crippen molar-refractivity contribution in [1.29, 1.82) is 0 Å². The number of pyridine rings is 1. The van der Waals surface area contributed by atoms with Crippen LogP contribution in [0.15, 0.2) is 78.2 Å². The van der Waals surface area contributed by atoms with Crippen molar-refractivity contribution in [3.63, 3.8) is 0 Å². The Kier molecular flexibility index (Phi) is 7.07. The number of thiocarbonyl (C=S) groups is 1. The van der Waals surface area contributed by atoms with Crippen LogP contribution < -0.4 is 20.8 Å². The number of benzene rings is 2. The number of carbonyl (C=O) groups excluding carboxylic acids is 1. The Hall–Kier alpha value is -3.78. The Bertz CT molecular complexity index is 1040. The van der Waals surface area contributed by atoms with Gasteiger partial charge in [0.1, 0.15) is 5.75 Å². The minimum Gasteiger partial charge on any atom is -0.497 e. The zero-order valence-corrected chi connectivity index (χ0v) is 17.4. The van der Waals surface area contributed by atoms with E-state index >= 15 is 0 Å².